The van der Waals surface area contributed by atoms with E-state index >= 15 is 0 Å². The molecule has 17 heavy (non-hydrogen) atoms. The maximum Gasteiger partial charge on any atom is 0.127 e. The molecule has 0 amide bonds. The zero-order valence-corrected chi connectivity index (χ0v) is 9.36. The Morgan fingerprint density at radius 1 is 1.41 bits per heavy atom. The zero-order valence-electron chi connectivity index (χ0n) is 9.36. The van der Waals surface area contributed by atoms with Crippen LogP contribution in [0.4, 0.5) is 4.39 Å². The van der Waals surface area contributed by atoms with Gasteiger partial charge in [0.2, 0.25) is 0 Å². The minimum Gasteiger partial charge on any atom is -0.284 e. The molecule has 0 aliphatic carbocycles. The van der Waals surface area contributed by atoms with E-state index in [2.05, 4.69) is 6.07 Å². The van der Waals surface area contributed by atoms with Gasteiger partial charge in [0.15, 0.2) is 0 Å². The van der Waals surface area contributed by atoms with Crippen molar-refractivity contribution in [2.45, 2.75) is 25.4 Å². The van der Waals surface area contributed by atoms with Crippen LogP contribution >= 0.6 is 0 Å². The Balaban J connectivity index is 2.19. The molecule has 0 saturated carbocycles. The molecular formula is C13H12FN3. The summed E-state index contributed by atoms with van der Waals surface area (Å²) in [6.45, 7) is 1.22. The van der Waals surface area contributed by atoms with Crippen molar-refractivity contribution in [3.05, 3.63) is 35.1 Å². The SMILES string of the molecule is N#Cc1ccc(F)c(CN2CCCC2C#N)c1. The average molecular weight is 229 g/mol. The van der Waals surface area contributed by atoms with Crippen molar-refractivity contribution in [1.29, 1.82) is 10.5 Å². The molecular weight excluding hydrogens is 217 g/mol. The van der Waals surface area contributed by atoms with E-state index in [0.717, 1.165) is 19.4 Å². The van der Waals surface area contributed by atoms with E-state index in [-0.39, 0.29) is 11.9 Å². The molecule has 3 nitrogen and oxygen atoms in total. The van der Waals surface area contributed by atoms with Crippen molar-refractivity contribution in [2.75, 3.05) is 6.54 Å². The largest absolute Gasteiger partial charge is 0.284 e. The third-order valence-electron chi connectivity index (χ3n) is 3.06. The van der Waals surface area contributed by atoms with Gasteiger partial charge in [-0.15, -0.1) is 0 Å². The van der Waals surface area contributed by atoms with E-state index < -0.39 is 0 Å². The van der Waals surface area contributed by atoms with Gasteiger partial charge in [0, 0.05) is 12.1 Å². The van der Waals surface area contributed by atoms with Crippen LogP contribution < -0.4 is 0 Å². The quantitative estimate of drug-likeness (QED) is 0.781. The molecule has 0 N–H and O–H groups in total. The molecule has 1 saturated heterocycles. The summed E-state index contributed by atoms with van der Waals surface area (Å²) in [7, 11) is 0. The number of hydrogen-bond acceptors (Lipinski definition) is 3. The molecule has 1 unspecified atom stereocenters. The second-order valence-corrected chi connectivity index (χ2v) is 4.18. The summed E-state index contributed by atoms with van der Waals surface area (Å²) in [4.78, 5) is 1.96. The number of halogens is 1. The van der Waals surface area contributed by atoms with E-state index in [1.807, 2.05) is 11.0 Å². The number of nitriles is 2. The summed E-state index contributed by atoms with van der Waals surface area (Å²) in [6, 6.07) is 8.42. The lowest BCUT2D eigenvalue weighted by atomic mass is 10.1. The summed E-state index contributed by atoms with van der Waals surface area (Å²) in [5.74, 6) is -0.312. The van der Waals surface area contributed by atoms with Gasteiger partial charge in [-0.25, -0.2) is 4.39 Å². The van der Waals surface area contributed by atoms with Crippen LogP contribution in [0.2, 0.25) is 0 Å². The second kappa shape index (κ2) is 4.95. The lowest BCUT2D eigenvalue weighted by Gasteiger charge is -2.19. The molecule has 1 aliphatic heterocycles. The van der Waals surface area contributed by atoms with Crippen molar-refractivity contribution < 1.29 is 4.39 Å². The third kappa shape index (κ3) is 2.43. The lowest BCUT2D eigenvalue weighted by molar-refractivity contribution is 0.282. The molecule has 1 aliphatic rings. The predicted octanol–water partition coefficient (Wildman–Crippen LogP) is 2.19. The van der Waals surface area contributed by atoms with Crippen LogP contribution in [-0.4, -0.2) is 17.5 Å². The van der Waals surface area contributed by atoms with Crippen LogP contribution in [0.25, 0.3) is 0 Å². The Labute approximate surface area is 99.7 Å². The van der Waals surface area contributed by atoms with Crippen LogP contribution in [0, 0.1) is 28.5 Å². The normalized spacial score (nSPS) is 19.8. The molecule has 1 aromatic carbocycles. The van der Waals surface area contributed by atoms with E-state index in [9.17, 15) is 4.39 Å². The van der Waals surface area contributed by atoms with E-state index in [1.54, 1.807) is 6.07 Å². The summed E-state index contributed by atoms with van der Waals surface area (Å²) >= 11 is 0. The Hall–Kier alpha value is -1.91. The minimum atomic E-state index is -0.312. The van der Waals surface area contributed by atoms with Gasteiger partial charge in [0.1, 0.15) is 5.82 Å². The maximum absolute atomic E-state index is 13.6. The number of likely N-dealkylation sites (tertiary alicyclic amines) is 1. The molecule has 0 bridgehead atoms. The third-order valence-corrected chi connectivity index (χ3v) is 3.06. The molecule has 0 spiro atoms. The first-order chi connectivity index (χ1) is 8.24. The zero-order chi connectivity index (χ0) is 12.3. The summed E-state index contributed by atoms with van der Waals surface area (Å²) in [5, 5.41) is 17.7. The van der Waals surface area contributed by atoms with Crippen molar-refractivity contribution in [3.63, 3.8) is 0 Å². The fraction of sp³-hybridized carbons (Fsp3) is 0.385. The molecule has 86 valence electrons. The van der Waals surface area contributed by atoms with Gasteiger partial charge in [-0.3, -0.25) is 4.90 Å². The van der Waals surface area contributed by atoms with Gasteiger partial charge in [-0.1, -0.05) is 0 Å². The Morgan fingerprint density at radius 2 is 2.24 bits per heavy atom. The predicted molar refractivity (Wildman–Crippen MR) is 60.2 cm³/mol. The Morgan fingerprint density at radius 3 is 2.94 bits per heavy atom. The van der Waals surface area contributed by atoms with Crippen LogP contribution in [0.15, 0.2) is 18.2 Å². The first-order valence-electron chi connectivity index (χ1n) is 5.57. The molecule has 1 fully saturated rings. The highest BCUT2D eigenvalue weighted by Gasteiger charge is 2.24. The topological polar surface area (TPSA) is 50.8 Å². The number of hydrogen-bond donors (Lipinski definition) is 0. The standard InChI is InChI=1S/C13H12FN3/c14-13-4-3-10(7-15)6-11(13)9-17-5-1-2-12(17)8-16/h3-4,6,12H,1-2,5,9H2. The van der Waals surface area contributed by atoms with Crippen molar-refractivity contribution >= 4 is 0 Å². The lowest BCUT2D eigenvalue weighted by Crippen LogP contribution is -2.27. The maximum atomic E-state index is 13.6. The molecule has 4 heteroatoms. The van der Waals surface area contributed by atoms with Gasteiger partial charge in [-0.05, 0) is 37.6 Å². The van der Waals surface area contributed by atoms with Gasteiger partial charge >= 0.3 is 0 Å². The van der Waals surface area contributed by atoms with Crippen molar-refractivity contribution in [2.24, 2.45) is 0 Å². The molecule has 1 heterocycles. The fourth-order valence-electron chi connectivity index (χ4n) is 2.15. The Bertz CT molecular complexity index is 498. The van der Waals surface area contributed by atoms with Crippen molar-refractivity contribution in [1.82, 2.24) is 4.90 Å². The van der Waals surface area contributed by atoms with E-state index in [4.69, 9.17) is 10.5 Å². The van der Waals surface area contributed by atoms with Gasteiger partial charge < -0.3 is 0 Å². The first kappa shape index (κ1) is 11.6. The van der Waals surface area contributed by atoms with Gasteiger partial charge in [0.05, 0.1) is 23.7 Å². The number of benzene rings is 1. The van der Waals surface area contributed by atoms with Gasteiger partial charge in [-0.2, -0.15) is 10.5 Å². The second-order valence-electron chi connectivity index (χ2n) is 4.18. The Kier molecular flexibility index (Phi) is 3.37. The molecule has 0 aromatic heterocycles. The minimum absolute atomic E-state index is 0.125. The molecule has 1 atom stereocenters. The smallest absolute Gasteiger partial charge is 0.127 e. The summed E-state index contributed by atoms with van der Waals surface area (Å²) < 4.78 is 13.6. The first-order valence-corrected chi connectivity index (χ1v) is 5.57. The molecule has 0 radical (unpaired) electrons. The van der Waals surface area contributed by atoms with Crippen LogP contribution in [0.1, 0.15) is 24.0 Å². The fourth-order valence-corrected chi connectivity index (χ4v) is 2.15. The molecule has 1 aromatic rings. The molecule has 2 rings (SSSR count). The van der Waals surface area contributed by atoms with Crippen LogP contribution in [0.5, 0.6) is 0 Å². The van der Waals surface area contributed by atoms with Gasteiger partial charge in [0.25, 0.3) is 0 Å². The monoisotopic (exact) mass is 229 g/mol. The van der Waals surface area contributed by atoms with E-state index in [0.29, 0.717) is 17.7 Å². The highest BCUT2D eigenvalue weighted by atomic mass is 19.1. The van der Waals surface area contributed by atoms with Crippen molar-refractivity contribution in [3.8, 4) is 12.1 Å². The highest BCUT2D eigenvalue weighted by Crippen LogP contribution is 2.21. The summed E-state index contributed by atoms with van der Waals surface area (Å²) in [6.07, 6.45) is 1.81. The number of rotatable bonds is 2. The highest BCUT2D eigenvalue weighted by molar-refractivity contribution is 5.33. The summed E-state index contributed by atoms with van der Waals surface area (Å²) in [5.41, 5.74) is 0.945. The van der Waals surface area contributed by atoms with Crippen LogP contribution in [-0.2, 0) is 6.54 Å². The number of nitrogens with zero attached hydrogens (tertiary/aromatic N) is 3. The van der Waals surface area contributed by atoms with E-state index in [1.165, 1.54) is 12.1 Å². The van der Waals surface area contributed by atoms with Crippen LogP contribution in [0.3, 0.4) is 0 Å². The average Bonchev–Trinajstić information content (AvgIpc) is 2.79.